The normalized spacial score (nSPS) is 26.2. The molecule has 0 spiro atoms. The van der Waals surface area contributed by atoms with Crippen LogP contribution in [0.15, 0.2) is 45.7 Å². The minimum Gasteiger partial charge on any atom is -0.444 e. The summed E-state index contributed by atoms with van der Waals surface area (Å²) in [6.07, 6.45) is 5.65. The molecule has 2 bridgehead atoms. The Labute approximate surface area is 154 Å². The fraction of sp³-hybridized carbons (Fsp3) is 0.450. The Bertz CT molecular complexity index is 937. The van der Waals surface area contributed by atoms with Crippen molar-refractivity contribution in [2.24, 2.45) is 0 Å². The quantitative estimate of drug-likeness (QED) is 0.749. The third-order valence-electron chi connectivity index (χ3n) is 5.10. The lowest BCUT2D eigenvalue weighted by Gasteiger charge is -2.35. The van der Waals surface area contributed by atoms with Crippen LogP contribution in [0.5, 0.6) is 0 Å². The number of amides is 1. The van der Waals surface area contributed by atoms with Crippen LogP contribution >= 0.6 is 0 Å². The van der Waals surface area contributed by atoms with E-state index in [9.17, 15) is 13.2 Å². The van der Waals surface area contributed by atoms with Crippen LogP contribution in [0.25, 0.3) is 6.08 Å². The van der Waals surface area contributed by atoms with Crippen molar-refractivity contribution in [1.29, 1.82) is 0 Å². The van der Waals surface area contributed by atoms with Gasteiger partial charge in [0.05, 0.1) is 15.8 Å². The highest BCUT2D eigenvalue weighted by molar-refractivity contribution is 7.96. The van der Waals surface area contributed by atoms with Crippen LogP contribution in [-0.2, 0) is 14.6 Å². The van der Waals surface area contributed by atoms with E-state index in [-0.39, 0.29) is 18.2 Å². The van der Waals surface area contributed by atoms with Crippen molar-refractivity contribution < 1.29 is 17.9 Å². The summed E-state index contributed by atoms with van der Waals surface area (Å²) in [7, 11) is -3.47. The summed E-state index contributed by atoms with van der Waals surface area (Å²) in [5.74, 6) is 0. The second kappa shape index (κ2) is 5.71. The molecule has 2 atom stereocenters. The molecule has 0 aliphatic carbocycles. The molecular weight excluding hydrogens is 350 g/mol. The Kier molecular flexibility index (Phi) is 3.81. The van der Waals surface area contributed by atoms with Crippen LogP contribution in [0.2, 0.25) is 0 Å². The number of ether oxygens (including phenoxy) is 1. The Morgan fingerprint density at radius 1 is 1.19 bits per heavy atom. The van der Waals surface area contributed by atoms with Gasteiger partial charge in [-0.25, -0.2) is 13.2 Å². The summed E-state index contributed by atoms with van der Waals surface area (Å²) >= 11 is 0. The number of hydrogen-bond acceptors (Lipinski definition) is 4. The fourth-order valence-electron chi connectivity index (χ4n) is 4.06. The van der Waals surface area contributed by atoms with Gasteiger partial charge in [0, 0.05) is 6.04 Å². The topological polar surface area (TPSA) is 63.7 Å². The molecule has 0 N–H and O–H groups in total. The van der Waals surface area contributed by atoms with Crippen LogP contribution < -0.4 is 0 Å². The van der Waals surface area contributed by atoms with E-state index in [1.54, 1.807) is 23.1 Å². The third-order valence-corrected chi connectivity index (χ3v) is 7.01. The summed E-state index contributed by atoms with van der Waals surface area (Å²) in [5.41, 5.74) is 1.03. The summed E-state index contributed by atoms with van der Waals surface area (Å²) in [6, 6.07) is 6.96. The molecule has 6 heteroatoms. The molecule has 1 fully saturated rings. The molecule has 26 heavy (non-hydrogen) atoms. The number of carbonyl (C=O) groups is 1. The van der Waals surface area contributed by atoms with Gasteiger partial charge in [-0.1, -0.05) is 24.3 Å². The molecule has 5 nitrogen and oxygen atoms in total. The Morgan fingerprint density at radius 3 is 2.58 bits per heavy atom. The van der Waals surface area contributed by atoms with Crippen LogP contribution in [0.1, 0.15) is 45.6 Å². The van der Waals surface area contributed by atoms with Gasteiger partial charge < -0.3 is 4.74 Å². The number of allylic oxidation sites excluding steroid dienone is 1. The van der Waals surface area contributed by atoms with Gasteiger partial charge in [-0.2, -0.15) is 0 Å². The van der Waals surface area contributed by atoms with Crippen LogP contribution in [0, 0.1) is 0 Å². The third kappa shape index (κ3) is 2.76. The highest BCUT2D eigenvalue weighted by Crippen LogP contribution is 2.43. The molecule has 1 saturated heterocycles. The largest absolute Gasteiger partial charge is 0.444 e. The first kappa shape index (κ1) is 17.3. The molecule has 3 aliphatic rings. The molecule has 4 rings (SSSR count). The van der Waals surface area contributed by atoms with Crippen molar-refractivity contribution in [3.05, 3.63) is 46.4 Å². The van der Waals surface area contributed by atoms with E-state index in [1.165, 1.54) is 0 Å². The van der Waals surface area contributed by atoms with Crippen LogP contribution in [0.3, 0.4) is 0 Å². The van der Waals surface area contributed by atoms with Gasteiger partial charge in [0.1, 0.15) is 5.60 Å². The first-order valence-corrected chi connectivity index (χ1v) is 10.4. The lowest BCUT2D eigenvalue weighted by Crippen LogP contribution is -2.45. The SMILES string of the molecule is CC(C)(C)OC(=O)N1C2C=C(C3=Cc4ccccc4S3(=O)=O)CC1CC2. The maximum Gasteiger partial charge on any atom is 0.411 e. The lowest BCUT2D eigenvalue weighted by atomic mass is 10.00. The molecule has 138 valence electrons. The van der Waals surface area contributed by atoms with Gasteiger partial charge in [-0.3, -0.25) is 4.90 Å². The maximum absolute atomic E-state index is 12.9. The van der Waals surface area contributed by atoms with E-state index in [1.807, 2.05) is 39.0 Å². The minimum absolute atomic E-state index is 0.00494. The van der Waals surface area contributed by atoms with Crippen molar-refractivity contribution in [2.75, 3.05) is 0 Å². The summed E-state index contributed by atoms with van der Waals surface area (Å²) in [6.45, 7) is 5.56. The van der Waals surface area contributed by atoms with Gasteiger partial charge in [-0.05, 0) is 63.3 Å². The van der Waals surface area contributed by atoms with Gasteiger partial charge in [0.2, 0.25) is 9.84 Å². The second-order valence-electron chi connectivity index (χ2n) is 8.13. The Balaban J connectivity index is 1.64. The van der Waals surface area contributed by atoms with Crippen molar-refractivity contribution in [3.8, 4) is 0 Å². The molecule has 3 heterocycles. The van der Waals surface area contributed by atoms with Crippen LogP contribution in [0.4, 0.5) is 4.79 Å². The first-order valence-electron chi connectivity index (χ1n) is 8.95. The number of rotatable bonds is 1. The van der Waals surface area contributed by atoms with E-state index >= 15 is 0 Å². The number of sulfone groups is 1. The molecule has 2 unspecified atom stereocenters. The number of hydrogen-bond donors (Lipinski definition) is 0. The lowest BCUT2D eigenvalue weighted by molar-refractivity contribution is 0.0168. The zero-order valence-electron chi connectivity index (χ0n) is 15.2. The predicted molar refractivity (Wildman–Crippen MR) is 99.2 cm³/mol. The second-order valence-corrected chi connectivity index (χ2v) is 10.0. The van der Waals surface area contributed by atoms with Crippen molar-refractivity contribution in [3.63, 3.8) is 0 Å². The number of nitrogens with zero attached hydrogens (tertiary/aromatic N) is 1. The average molecular weight is 373 g/mol. The molecule has 1 amide bonds. The molecule has 1 aromatic rings. The maximum atomic E-state index is 12.9. The molecule has 0 saturated carbocycles. The van der Waals surface area contributed by atoms with E-state index in [4.69, 9.17) is 4.74 Å². The zero-order chi connectivity index (χ0) is 18.7. The van der Waals surface area contributed by atoms with Crippen molar-refractivity contribution in [2.45, 2.75) is 62.6 Å². The number of benzene rings is 1. The molecule has 1 aromatic carbocycles. The molecule has 0 aromatic heterocycles. The van der Waals surface area contributed by atoms with E-state index in [2.05, 4.69) is 0 Å². The number of carbonyl (C=O) groups excluding carboxylic acids is 1. The molecule has 0 radical (unpaired) electrons. The number of fused-ring (bicyclic) bond motifs is 3. The highest BCUT2D eigenvalue weighted by Gasteiger charge is 2.44. The Hall–Kier alpha value is -2.08. The van der Waals surface area contributed by atoms with Crippen LogP contribution in [-0.4, -0.2) is 37.1 Å². The van der Waals surface area contributed by atoms with Gasteiger partial charge in [-0.15, -0.1) is 0 Å². The Morgan fingerprint density at radius 2 is 1.92 bits per heavy atom. The summed E-state index contributed by atoms with van der Waals surface area (Å²) in [5, 5.41) is 0. The summed E-state index contributed by atoms with van der Waals surface area (Å²) in [4.78, 5) is 15.1. The van der Waals surface area contributed by atoms with E-state index in [0.29, 0.717) is 16.2 Å². The van der Waals surface area contributed by atoms with Crippen molar-refractivity contribution >= 4 is 22.0 Å². The average Bonchev–Trinajstić information content (AvgIpc) is 2.97. The van der Waals surface area contributed by atoms with E-state index < -0.39 is 15.4 Å². The zero-order valence-corrected chi connectivity index (χ0v) is 16.0. The highest BCUT2D eigenvalue weighted by atomic mass is 32.2. The fourth-order valence-corrected chi connectivity index (χ4v) is 5.77. The van der Waals surface area contributed by atoms with Crippen molar-refractivity contribution in [1.82, 2.24) is 4.90 Å². The molecule has 3 aliphatic heterocycles. The predicted octanol–water partition coefficient (Wildman–Crippen LogP) is 3.91. The monoisotopic (exact) mass is 373 g/mol. The summed E-state index contributed by atoms with van der Waals surface area (Å²) < 4.78 is 31.3. The first-order chi connectivity index (χ1) is 12.2. The van der Waals surface area contributed by atoms with Gasteiger partial charge in [0.15, 0.2) is 0 Å². The smallest absolute Gasteiger partial charge is 0.411 e. The minimum atomic E-state index is -3.47. The standard InChI is InChI=1S/C20H23NO4S/c1-20(2,3)25-19(22)21-15-8-9-16(21)11-14(10-15)18-12-13-6-4-5-7-17(13)26(18,23)24/h4-7,10,12,15-16H,8-9,11H2,1-3H3. The van der Waals surface area contributed by atoms with Gasteiger partial charge >= 0.3 is 6.09 Å². The molecular formula is C20H23NO4S. The van der Waals surface area contributed by atoms with E-state index in [0.717, 1.165) is 24.0 Å². The van der Waals surface area contributed by atoms with Gasteiger partial charge in [0.25, 0.3) is 0 Å².